The molecule has 28 heavy (non-hydrogen) atoms. The minimum atomic E-state index is -0.359. The predicted octanol–water partition coefficient (Wildman–Crippen LogP) is 1.94. The average molecular weight is 379 g/mol. The summed E-state index contributed by atoms with van der Waals surface area (Å²) in [5.41, 5.74) is 4.23. The van der Waals surface area contributed by atoms with Gasteiger partial charge in [0.05, 0.1) is 30.0 Å². The number of aliphatic hydroxyl groups excluding tert-OH is 1. The molecular formula is C19H18FN7O. The van der Waals surface area contributed by atoms with Gasteiger partial charge >= 0.3 is 0 Å². The standard InChI is InChI=1S/C19H18FN7O/c1-11-7-12(9-28)24-19(23-11)26-6-4-14-17(22-10-21-14)18(26)15-8-16-13(20)3-2-5-27(16)25-15/h2-3,5,7-8,10,18,28H,4,6,9H2,1H3,(H,21,22)/t18-/m1/s1. The number of aromatic nitrogens is 6. The second kappa shape index (κ2) is 6.38. The molecule has 0 bridgehead atoms. The molecule has 1 aliphatic rings. The van der Waals surface area contributed by atoms with E-state index in [9.17, 15) is 9.50 Å². The topological polar surface area (TPSA) is 95.2 Å². The molecule has 0 spiro atoms. The first-order chi connectivity index (χ1) is 13.6. The van der Waals surface area contributed by atoms with Crippen LogP contribution in [0, 0.1) is 12.7 Å². The van der Waals surface area contributed by atoms with E-state index in [1.54, 1.807) is 30.7 Å². The van der Waals surface area contributed by atoms with Crippen molar-refractivity contribution < 1.29 is 9.50 Å². The molecule has 1 atom stereocenters. The fourth-order valence-corrected chi connectivity index (χ4v) is 3.75. The highest BCUT2D eigenvalue weighted by Crippen LogP contribution is 2.35. The van der Waals surface area contributed by atoms with Crippen LogP contribution in [0.15, 0.2) is 36.8 Å². The summed E-state index contributed by atoms with van der Waals surface area (Å²) < 4.78 is 15.8. The fourth-order valence-electron chi connectivity index (χ4n) is 3.75. The van der Waals surface area contributed by atoms with E-state index in [1.165, 1.54) is 10.6 Å². The number of nitrogens with one attached hydrogen (secondary N) is 1. The van der Waals surface area contributed by atoms with Gasteiger partial charge in [0.1, 0.15) is 17.4 Å². The number of halogens is 1. The summed E-state index contributed by atoms with van der Waals surface area (Å²) in [6.07, 6.45) is 4.13. The van der Waals surface area contributed by atoms with Crippen LogP contribution in [-0.4, -0.2) is 41.2 Å². The molecule has 0 saturated heterocycles. The number of anilines is 1. The molecule has 0 aromatic carbocycles. The first-order valence-electron chi connectivity index (χ1n) is 9.02. The Morgan fingerprint density at radius 2 is 2.21 bits per heavy atom. The SMILES string of the molecule is Cc1cc(CO)nc(N2CCc3[nH]cnc3[C@H]2c2cc3c(F)cccn3n2)n1. The van der Waals surface area contributed by atoms with E-state index in [0.717, 1.165) is 23.5 Å². The van der Waals surface area contributed by atoms with Crippen molar-refractivity contribution in [1.82, 2.24) is 29.5 Å². The Morgan fingerprint density at radius 3 is 3.04 bits per heavy atom. The molecule has 0 radical (unpaired) electrons. The van der Waals surface area contributed by atoms with Gasteiger partial charge in [-0.05, 0) is 31.2 Å². The number of aliphatic hydroxyl groups is 1. The molecule has 9 heteroatoms. The molecule has 0 fully saturated rings. The lowest BCUT2D eigenvalue weighted by molar-refractivity contribution is 0.276. The predicted molar refractivity (Wildman–Crippen MR) is 99.3 cm³/mol. The second-order valence-electron chi connectivity index (χ2n) is 6.83. The summed E-state index contributed by atoms with van der Waals surface area (Å²) in [6.45, 7) is 2.34. The number of pyridine rings is 1. The summed E-state index contributed by atoms with van der Waals surface area (Å²) in [6, 6.07) is 6.16. The zero-order valence-corrected chi connectivity index (χ0v) is 15.2. The van der Waals surface area contributed by atoms with Crippen molar-refractivity contribution in [3.63, 3.8) is 0 Å². The van der Waals surface area contributed by atoms with E-state index in [0.29, 0.717) is 29.4 Å². The van der Waals surface area contributed by atoms with Crippen LogP contribution in [0.4, 0.5) is 10.3 Å². The maximum absolute atomic E-state index is 14.2. The minimum Gasteiger partial charge on any atom is -0.390 e. The van der Waals surface area contributed by atoms with Crippen LogP contribution in [0.5, 0.6) is 0 Å². The lowest BCUT2D eigenvalue weighted by Gasteiger charge is -2.34. The van der Waals surface area contributed by atoms with Crippen molar-refractivity contribution in [3.05, 3.63) is 71.1 Å². The molecule has 4 aromatic heterocycles. The molecule has 0 amide bonds. The molecule has 4 aromatic rings. The molecule has 2 N–H and O–H groups in total. The molecule has 0 aliphatic carbocycles. The van der Waals surface area contributed by atoms with Gasteiger partial charge in [0, 0.05) is 30.6 Å². The third-order valence-corrected chi connectivity index (χ3v) is 4.99. The van der Waals surface area contributed by atoms with Gasteiger partial charge in [-0.1, -0.05) is 0 Å². The number of nitrogens with zero attached hydrogens (tertiary/aromatic N) is 6. The van der Waals surface area contributed by atoms with Gasteiger partial charge in [0.25, 0.3) is 0 Å². The van der Waals surface area contributed by atoms with Crippen molar-refractivity contribution in [2.24, 2.45) is 0 Å². The number of rotatable bonds is 3. The Labute approximate surface area is 159 Å². The second-order valence-corrected chi connectivity index (χ2v) is 6.83. The molecule has 0 saturated carbocycles. The smallest absolute Gasteiger partial charge is 0.226 e. The summed E-state index contributed by atoms with van der Waals surface area (Å²) in [4.78, 5) is 18.8. The molecule has 5 rings (SSSR count). The summed E-state index contributed by atoms with van der Waals surface area (Å²) in [7, 11) is 0. The van der Waals surface area contributed by atoms with E-state index in [4.69, 9.17) is 0 Å². The van der Waals surface area contributed by atoms with Crippen LogP contribution in [0.25, 0.3) is 5.52 Å². The van der Waals surface area contributed by atoms with Crippen molar-refractivity contribution >= 4 is 11.5 Å². The van der Waals surface area contributed by atoms with E-state index in [1.807, 2.05) is 11.8 Å². The molecule has 8 nitrogen and oxygen atoms in total. The summed E-state index contributed by atoms with van der Waals surface area (Å²) in [5.74, 6) is 0.167. The van der Waals surface area contributed by atoms with Crippen LogP contribution < -0.4 is 4.90 Å². The normalized spacial score (nSPS) is 16.5. The zero-order chi connectivity index (χ0) is 19.3. The highest BCUT2D eigenvalue weighted by Gasteiger charge is 2.35. The number of hydrogen-bond donors (Lipinski definition) is 2. The number of H-pyrrole nitrogens is 1. The van der Waals surface area contributed by atoms with Gasteiger partial charge in [-0.15, -0.1) is 0 Å². The van der Waals surface area contributed by atoms with Gasteiger partial charge < -0.3 is 15.0 Å². The Bertz CT molecular complexity index is 1170. The third kappa shape index (κ3) is 2.63. The highest BCUT2D eigenvalue weighted by molar-refractivity contribution is 5.53. The number of aromatic amines is 1. The van der Waals surface area contributed by atoms with Crippen LogP contribution in [0.3, 0.4) is 0 Å². The van der Waals surface area contributed by atoms with Gasteiger partial charge in [-0.2, -0.15) is 5.10 Å². The van der Waals surface area contributed by atoms with E-state index < -0.39 is 0 Å². The molecule has 5 heterocycles. The largest absolute Gasteiger partial charge is 0.390 e. The minimum absolute atomic E-state index is 0.165. The third-order valence-electron chi connectivity index (χ3n) is 4.99. The zero-order valence-electron chi connectivity index (χ0n) is 15.2. The van der Waals surface area contributed by atoms with Crippen LogP contribution >= 0.6 is 0 Å². The number of hydrogen-bond acceptors (Lipinski definition) is 6. The quantitative estimate of drug-likeness (QED) is 0.565. The number of fused-ring (bicyclic) bond motifs is 2. The average Bonchev–Trinajstić information content (AvgIpc) is 3.34. The lowest BCUT2D eigenvalue weighted by atomic mass is 10.00. The lowest BCUT2D eigenvalue weighted by Crippen LogP contribution is -2.38. The maximum atomic E-state index is 14.2. The Kier molecular flexibility index (Phi) is 3.83. The van der Waals surface area contributed by atoms with E-state index in [2.05, 4.69) is 25.0 Å². The molecule has 0 unspecified atom stereocenters. The first-order valence-corrected chi connectivity index (χ1v) is 9.02. The van der Waals surface area contributed by atoms with Crippen molar-refractivity contribution in [1.29, 1.82) is 0 Å². The highest BCUT2D eigenvalue weighted by atomic mass is 19.1. The molecular weight excluding hydrogens is 361 g/mol. The van der Waals surface area contributed by atoms with Crippen LogP contribution in [0.1, 0.15) is 34.5 Å². The van der Waals surface area contributed by atoms with Crippen LogP contribution in [0.2, 0.25) is 0 Å². The molecule has 1 aliphatic heterocycles. The van der Waals surface area contributed by atoms with E-state index >= 15 is 0 Å². The van der Waals surface area contributed by atoms with Gasteiger partial charge in [0.2, 0.25) is 5.95 Å². The number of imidazole rings is 1. The van der Waals surface area contributed by atoms with Crippen molar-refractivity contribution in [3.8, 4) is 0 Å². The number of aryl methyl sites for hydroxylation is 1. The first kappa shape index (κ1) is 16.8. The summed E-state index contributed by atoms with van der Waals surface area (Å²) in [5, 5.41) is 14.1. The Balaban J connectivity index is 1.68. The summed E-state index contributed by atoms with van der Waals surface area (Å²) >= 11 is 0. The van der Waals surface area contributed by atoms with Gasteiger partial charge in [0.15, 0.2) is 0 Å². The van der Waals surface area contributed by atoms with Gasteiger partial charge in [-0.3, -0.25) is 0 Å². The van der Waals surface area contributed by atoms with Gasteiger partial charge in [-0.25, -0.2) is 23.9 Å². The van der Waals surface area contributed by atoms with Crippen molar-refractivity contribution in [2.45, 2.75) is 26.0 Å². The monoisotopic (exact) mass is 379 g/mol. The molecule has 142 valence electrons. The Hall–Kier alpha value is -3.33. The fraction of sp³-hybridized carbons (Fsp3) is 0.263. The van der Waals surface area contributed by atoms with Crippen LogP contribution in [-0.2, 0) is 13.0 Å². The maximum Gasteiger partial charge on any atom is 0.226 e. The van der Waals surface area contributed by atoms with Crippen molar-refractivity contribution in [2.75, 3.05) is 11.4 Å². The van der Waals surface area contributed by atoms with E-state index in [-0.39, 0.29) is 18.5 Å². The Morgan fingerprint density at radius 1 is 1.32 bits per heavy atom.